The van der Waals surface area contributed by atoms with Gasteiger partial charge in [0.05, 0.1) is 52.2 Å². The topological polar surface area (TPSA) is 124 Å². The Bertz CT molecular complexity index is 1690. The van der Waals surface area contributed by atoms with Crippen LogP contribution in [0, 0.1) is 0 Å². The van der Waals surface area contributed by atoms with Crippen LogP contribution < -0.4 is 0 Å². The Morgan fingerprint density at radius 1 is 0.458 bits per heavy atom. The molecule has 0 aliphatic rings. The van der Waals surface area contributed by atoms with Gasteiger partial charge in [0.1, 0.15) is 24.4 Å². The van der Waals surface area contributed by atoms with E-state index in [4.69, 9.17) is 27.3 Å². The maximum atomic E-state index is 12.7. The van der Waals surface area contributed by atoms with E-state index in [-0.39, 0.29) is 33.0 Å². The lowest BCUT2D eigenvalue weighted by Gasteiger charge is -2.37. The minimum absolute atomic E-state index is 0.0529. The number of ether oxygens (including phenoxy) is 4. The van der Waals surface area contributed by atoms with Gasteiger partial charge in [-0.25, -0.2) is 0 Å². The molecule has 0 spiro atoms. The summed E-state index contributed by atoms with van der Waals surface area (Å²) in [6.45, 7) is -0.264. The summed E-state index contributed by atoms with van der Waals surface area (Å²) in [5.41, 5.74) is 3.32. The van der Waals surface area contributed by atoms with Crippen LogP contribution in [0.15, 0.2) is 121 Å². The van der Waals surface area contributed by atoms with E-state index in [0.29, 0.717) is 0 Å². The molecular formula is C36H42O10S2. The van der Waals surface area contributed by atoms with Gasteiger partial charge in [0, 0.05) is 0 Å². The molecule has 48 heavy (non-hydrogen) atoms. The molecule has 258 valence electrons. The maximum Gasteiger partial charge on any atom is 0.264 e. The Kier molecular flexibility index (Phi) is 14.7. The molecule has 0 N–H and O–H groups in total. The Balaban J connectivity index is 1.73. The summed E-state index contributed by atoms with van der Waals surface area (Å²) >= 11 is 0. The average Bonchev–Trinajstić information content (AvgIpc) is 3.07. The summed E-state index contributed by atoms with van der Waals surface area (Å²) in [5, 5.41) is 0. The van der Waals surface area contributed by atoms with Crippen LogP contribution in [0.3, 0.4) is 0 Å². The van der Waals surface area contributed by atoms with Gasteiger partial charge in [-0.15, -0.1) is 0 Å². The van der Waals surface area contributed by atoms with Crippen molar-refractivity contribution in [3.63, 3.8) is 0 Å². The van der Waals surface area contributed by atoms with Crippen molar-refractivity contribution in [2.75, 3.05) is 25.7 Å². The molecule has 0 fully saturated rings. The van der Waals surface area contributed by atoms with Crippen molar-refractivity contribution in [2.45, 2.75) is 50.8 Å². The third-order valence-corrected chi connectivity index (χ3v) is 8.23. The van der Waals surface area contributed by atoms with Crippen LogP contribution in [0.5, 0.6) is 0 Å². The van der Waals surface area contributed by atoms with E-state index in [1.807, 2.05) is 121 Å². The van der Waals surface area contributed by atoms with Crippen molar-refractivity contribution in [2.24, 2.45) is 0 Å². The fourth-order valence-electron chi connectivity index (χ4n) is 4.84. The molecule has 0 saturated carbocycles. The molecule has 12 heteroatoms. The number of hydrogen-bond donors (Lipinski definition) is 0. The SMILES string of the molecule is CS(=O)(=O)OC[C@H](OCc1ccccc1)C(OCc1ccccc1)C(OCc1ccccc1)[C@@H](COCc1ccccc1)OS(C)(=O)=O. The second-order valence-corrected chi connectivity index (χ2v) is 14.4. The normalized spacial score (nSPS) is 14.6. The molecule has 4 aromatic rings. The first-order valence-corrected chi connectivity index (χ1v) is 19.0. The van der Waals surface area contributed by atoms with E-state index in [9.17, 15) is 16.8 Å². The van der Waals surface area contributed by atoms with Crippen LogP contribution in [0.1, 0.15) is 22.3 Å². The van der Waals surface area contributed by atoms with Crippen LogP contribution in [0.4, 0.5) is 0 Å². The standard InChI is InChI=1S/C36H42O10S2/c1-47(37,38)45-28-33(42-24-30-17-9-4-10-18-30)35(43-25-31-19-11-5-12-20-31)36(44-26-32-21-13-6-14-22-32)34(46-48(2,39)40)27-41-23-29-15-7-3-8-16-29/h3-22,33-36H,23-28H2,1-2H3/t33-,34+,35?,36?/m0/s1. The molecule has 0 bridgehead atoms. The lowest BCUT2D eigenvalue weighted by molar-refractivity contribution is -0.187. The van der Waals surface area contributed by atoms with E-state index >= 15 is 0 Å². The van der Waals surface area contributed by atoms with Crippen molar-refractivity contribution >= 4 is 20.2 Å². The summed E-state index contributed by atoms with van der Waals surface area (Å²) in [6.07, 6.45) is -2.66. The van der Waals surface area contributed by atoms with Crippen LogP contribution in [-0.4, -0.2) is 67.0 Å². The van der Waals surface area contributed by atoms with Gasteiger partial charge in [0.15, 0.2) is 0 Å². The van der Waals surface area contributed by atoms with E-state index in [0.717, 1.165) is 34.8 Å². The van der Waals surface area contributed by atoms with Gasteiger partial charge in [0.2, 0.25) is 0 Å². The van der Waals surface area contributed by atoms with Crippen molar-refractivity contribution in [1.29, 1.82) is 0 Å². The fourth-order valence-corrected chi connectivity index (χ4v) is 5.83. The van der Waals surface area contributed by atoms with E-state index in [1.54, 1.807) is 0 Å². The molecule has 0 aromatic heterocycles. The maximum absolute atomic E-state index is 12.7. The zero-order chi connectivity index (χ0) is 34.2. The van der Waals surface area contributed by atoms with Crippen molar-refractivity contribution in [3.8, 4) is 0 Å². The first-order chi connectivity index (χ1) is 23.1. The highest BCUT2D eigenvalue weighted by Crippen LogP contribution is 2.24. The quantitative estimate of drug-likeness (QED) is 0.106. The molecule has 0 radical (unpaired) electrons. The highest BCUT2D eigenvalue weighted by Gasteiger charge is 2.41. The molecule has 0 amide bonds. The third-order valence-electron chi connectivity index (χ3n) is 7.07. The molecule has 4 rings (SSSR count). The van der Waals surface area contributed by atoms with E-state index in [2.05, 4.69) is 0 Å². The van der Waals surface area contributed by atoms with Crippen molar-refractivity contribution in [1.82, 2.24) is 0 Å². The molecule has 4 aromatic carbocycles. The molecule has 10 nitrogen and oxygen atoms in total. The average molecular weight is 699 g/mol. The predicted octanol–water partition coefficient (Wildman–Crippen LogP) is 5.28. The summed E-state index contributed by atoms with van der Waals surface area (Å²) < 4.78 is 86.0. The summed E-state index contributed by atoms with van der Waals surface area (Å²) in [6, 6.07) is 37.4. The van der Waals surface area contributed by atoms with Crippen LogP contribution in [0.2, 0.25) is 0 Å². The van der Waals surface area contributed by atoms with Gasteiger partial charge in [-0.05, 0) is 22.3 Å². The number of benzene rings is 4. The van der Waals surface area contributed by atoms with Crippen LogP contribution in [-0.2, 0) is 74.0 Å². The summed E-state index contributed by atoms with van der Waals surface area (Å²) in [7, 11) is -7.95. The zero-order valence-electron chi connectivity index (χ0n) is 27.0. The lowest BCUT2D eigenvalue weighted by atomic mass is 10.0. The second-order valence-electron chi connectivity index (χ2n) is 11.2. The van der Waals surface area contributed by atoms with Gasteiger partial charge < -0.3 is 18.9 Å². The van der Waals surface area contributed by atoms with Crippen LogP contribution >= 0.6 is 0 Å². The summed E-state index contributed by atoms with van der Waals surface area (Å²) in [4.78, 5) is 0. The summed E-state index contributed by atoms with van der Waals surface area (Å²) in [5.74, 6) is 0. The van der Waals surface area contributed by atoms with Gasteiger partial charge >= 0.3 is 0 Å². The van der Waals surface area contributed by atoms with Gasteiger partial charge in [-0.2, -0.15) is 16.8 Å². The fraction of sp³-hybridized carbons (Fsp3) is 0.333. The van der Waals surface area contributed by atoms with E-state index < -0.39 is 51.3 Å². The molecule has 0 heterocycles. The largest absolute Gasteiger partial charge is 0.374 e. The molecule has 0 aliphatic heterocycles. The molecule has 0 aliphatic carbocycles. The van der Waals surface area contributed by atoms with Crippen molar-refractivity contribution < 1.29 is 44.1 Å². The minimum Gasteiger partial charge on any atom is -0.374 e. The predicted molar refractivity (Wildman–Crippen MR) is 182 cm³/mol. The Morgan fingerprint density at radius 3 is 1.23 bits per heavy atom. The number of hydrogen-bond acceptors (Lipinski definition) is 10. The van der Waals surface area contributed by atoms with E-state index in [1.165, 1.54) is 0 Å². The number of rotatable bonds is 21. The Morgan fingerprint density at radius 2 is 0.833 bits per heavy atom. The lowest BCUT2D eigenvalue weighted by Crippen LogP contribution is -2.52. The van der Waals surface area contributed by atoms with Crippen LogP contribution in [0.25, 0.3) is 0 Å². The molecule has 0 saturated heterocycles. The molecular weight excluding hydrogens is 657 g/mol. The Labute approximate surface area is 283 Å². The minimum atomic E-state index is -4.05. The highest BCUT2D eigenvalue weighted by atomic mass is 32.2. The first-order valence-electron chi connectivity index (χ1n) is 15.4. The first kappa shape index (κ1) is 37.4. The molecule has 4 atom stereocenters. The zero-order valence-corrected chi connectivity index (χ0v) is 28.6. The van der Waals surface area contributed by atoms with Gasteiger partial charge in [-0.3, -0.25) is 8.37 Å². The second kappa shape index (κ2) is 18.9. The van der Waals surface area contributed by atoms with Gasteiger partial charge in [-0.1, -0.05) is 121 Å². The smallest absolute Gasteiger partial charge is 0.264 e. The highest BCUT2D eigenvalue weighted by molar-refractivity contribution is 7.86. The molecule has 2 unspecified atom stereocenters. The Hall–Kier alpha value is -3.46. The monoisotopic (exact) mass is 698 g/mol. The van der Waals surface area contributed by atoms with Gasteiger partial charge in [0.25, 0.3) is 20.2 Å². The third kappa shape index (κ3) is 14.0. The van der Waals surface area contributed by atoms with Crippen molar-refractivity contribution in [3.05, 3.63) is 144 Å².